The molecule has 0 radical (unpaired) electrons. The van der Waals surface area contributed by atoms with Crippen LogP contribution in [0.25, 0.3) is 0 Å². The smallest absolute Gasteiger partial charge is 0.0658 e. The zero-order chi connectivity index (χ0) is 9.52. The second kappa shape index (κ2) is 5.18. The molecule has 3 nitrogen and oxygen atoms in total. The van der Waals surface area contributed by atoms with Crippen molar-refractivity contribution in [3.8, 4) is 11.8 Å². The van der Waals surface area contributed by atoms with Crippen molar-refractivity contribution in [3.63, 3.8) is 0 Å². The third kappa shape index (κ3) is 3.14. The van der Waals surface area contributed by atoms with E-state index in [0.717, 1.165) is 18.5 Å². The Labute approximate surface area is 78.4 Å². The maximum Gasteiger partial charge on any atom is 0.0658 e. The van der Waals surface area contributed by atoms with Crippen LogP contribution in [0.4, 0.5) is 5.69 Å². The molecule has 0 aliphatic heterocycles. The van der Waals surface area contributed by atoms with Gasteiger partial charge >= 0.3 is 0 Å². The van der Waals surface area contributed by atoms with E-state index in [1.54, 1.807) is 18.5 Å². The van der Waals surface area contributed by atoms with Gasteiger partial charge in [0.2, 0.25) is 0 Å². The first-order chi connectivity index (χ1) is 6.34. The van der Waals surface area contributed by atoms with Crippen LogP contribution in [0.2, 0.25) is 0 Å². The fraction of sp³-hybridized carbons (Fsp3) is 0.300. The van der Waals surface area contributed by atoms with Crippen molar-refractivity contribution in [2.24, 2.45) is 0 Å². The van der Waals surface area contributed by atoms with Gasteiger partial charge in [-0.2, -0.15) is 0 Å². The lowest BCUT2D eigenvalue weighted by atomic mass is 10.2. The third-order valence-electron chi connectivity index (χ3n) is 1.58. The summed E-state index contributed by atoms with van der Waals surface area (Å²) in [6, 6.07) is 1.75. The summed E-state index contributed by atoms with van der Waals surface area (Å²) < 4.78 is 0. The van der Waals surface area contributed by atoms with Gasteiger partial charge in [-0.25, -0.2) is 0 Å². The molecular weight excluding hydrogens is 162 g/mol. The summed E-state index contributed by atoms with van der Waals surface area (Å²) in [4.78, 5) is 3.95. The van der Waals surface area contributed by atoms with Crippen molar-refractivity contribution >= 4 is 5.69 Å². The van der Waals surface area contributed by atoms with E-state index < -0.39 is 0 Å². The summed E-state index contributed by atoms with van der Waals surface area (Å²) in [6.45, 7) is 0.896. The highest BCUT2D eigenvalue weighted by molar-refractivity contribution is 5.53. The first-order valence-electron chi connectivity index (χ1n) is 4.17. The summed E-state index contributed by atoms with van der Waals surface area (Å²) in [5, 5.41) is 3.02. The molecule has 0 saturated heterocycles. The molecule has 1 rings (SSSR count). The number of aromatic nitrogens is 1. The highest BCUT2D eigenvalue weighted by Gasteiger charge is 1.91. The lowest BCUT2D eigenvalue weighted by molar-refractivity contribution is 0.818. The van der Waals surface area contributed by atoms with Gasteiger partial charge in [0.15, 0.2) is 0 Å². The minimum Gasteiger partial charge on any atom is -0.398 e. The Balaban J connectivity index is 2.61. The molecule has 1 aromatic heterocycles. The second-order valence-corrected chi connectivity index (χ2v) is 2.62. The maximum atomic E-state index is 5.68. The molecule has 0 fully saturated rings. The summed E-state index contributed by atoms with van der Waals surface area (Å²) in [7, 11) is 1.90. The van der Waals surface area contributed by atoms with E-state index in [1.807, 2.05) is 7.05 Å². The predicted molar refractivity (Wildman–Crippen MR) is 54.1 cm³/mol. The number of nitrogens with zero attached hydrogens (tertiary/aromatic N) is 1. The first-order valence-corrected chi connectivity index (χ1v) is 4.17. The number of hydrogen-bond donors (Lipinski definition) is 2. The SMILES string of the molecule is CNCCC#Cc1cnccc1N. The molecule has 1 heterocycles. The van der Waals surface area contributed by atoms with Crippen molar-refractivity contribution in [1.82, 2.24) is 10.3 Å². The molecule has 1 aromatic rings. The Hall–Kier alpha value is -1.53. The summed E-state index contributed by atoms with van der Waals surface area (Å²) in [6.07, 6.45) is 4.17. The van der Waals surface area contributed by atoms with Crippen molar-refractivity contribution in [2.75, 3.05) is 19.3 Å². The molecule has 0 aliphatic carbocycles. The number of hydrogen-bond acceptors (Lipinski definition) is 3. The quantitative estimate of drug-likeness (QED) is 0.512. The van der Waals surface area contributed by atoms with Crippen LogP contribution in [0.1, 0.15) is 12.0 Å². The maximum absolute atomic E-state index is 5.68. The fourth-order valence-electron chi connectivity index (χ4n) is 0.855. The number of anilines is 1. The number of rotatable bonds is 2. The Bertz CT molecular complexity index is 322. The molecule has 0 aromatic carbocycles. The normalized spacial score (nSPS) is 9.00. The predicted octanol–water partition coefficient (Wildman–Crippen LogP) is 0.625. The summed E-state index contributed by atoms with van der Waals surface area (Å²) in [5.41, 5.74) is 7.17. The lowest BCUT2D eigenvalue weighted by Gasteiger charge is -1.94. The number of nitrogens with two attached hydrogens (primary N) is 1. The van der Waals surface area contributed by atoms with Crippen LogP contribution in [-0.2, 0) is 0 Å². The third-order valence-corrected chi connectivity index (χ3v) is 1.58. The zero-order valence-corrected chi connectivity index (χ0v) is 7.67. The molecule has 13 heavy (non-hydrogen) atoms. The van der Waals surface area contributed by atoms with Gasteiger partial charge in [0.1, 0.15) is 0 Å². The van der Waals surface area contributed by atoms with E-state index in [0.29, 0.717) is 5.69 Å². The molecular formula is C10H13N3. The fourth-order valence-corrected chi connectivity index (χ4v) is 0.855. The monoisotopic (exact) mass is 175 g/mol. The highest BCUT2D eigenvalue weighted by atomic mass is 14.8. The Morgan fingerprint density at radius 1 is 1.62 bits per heavy atom. The molecule has 0 aliphatic rings. The zero-order valence-electron chi connectivity index (χ0n) is 7.67. The minimum absolute atomic E-state index is 0.687. The lowest BCUT2D eigenvalue weighted by Crippen LogP contribution is -2.05. The van der Waals surface area contributed by atoms with Crippen molar-refractivity contribution in [2.45, 2.75) is 6.42 Å². The number of nitrogen functional groups attached to an aromatic ring is 1. The van der Waals surface area contributed by atoms with E-state index in [9.17, 15) is 0 Å². The van der Waals surface area contributed by atoms with Crippen LogP contribution in [-0.4, -0.2) is 18.6 Å². The molecule has 0 saturated carbocycles. The summed E-state index contributed by atoms with van der Waals surface area (Å²) >= 11 is 0. The van der Waals surface area contributed by atoms with Crippen LogP contribution in [0, 0.1) is 11.8 Å². The average molecular weight is 175 g/mol. The largest absolute Gasteiger partial charge is 0.398 e. The molecule has 0 bridgehead atoms. The van der Waals surface area contributed by atoms with Gasteiger partial charge in [-0.1, -0.05) is 11.8 Å². The minimum atomic E-state index is 0.687. The standard InChI is InChI=1S/C10H13N3/c1-12-6-3-2-4-9-8-13-7-5-10(9)11/h5,7-8,12H,3,6H2,1H3,(H2,11,13). The summed E-state index contributed by atoms with van der Waals surface area (Å²) in [5.74, 6) is 5.98. The van der Waals surface area contributed by atoms with E-state index in [2.05, 4.69) is 22.1 Å². The van der Waals surface area contributed by atoms with Gasteiger partial charge in [0, 0.05) is 25.4 Å². The van der Waals surface area contributed by atoms with Crippen LogP contribution in [0.3, 0.4) is 0 Å². The highest BCUT2D eigenvalue weighted by Crippen LogP contribution is 2.05. The van der Waals surface area contributed by atoms with E-state index >= 15 is 0 Å². The molecule has 0 spiro atoms. The second-order valence-electron chi connectivity index (χ2n) is 2.62. The van der Waals surface area contributed by atoms with Crippen LogP contribution >= 0.6 is 0 Å². The molecule has 3 heteroatoms. The molecule has 3 N–H and O–H groups in total. The van der Waals surface area contributed by atoms with E-state index in [1.165, 1.54) is 0 Å². The van der Waals surface area contributed by atoms with Crippen LogP contribution < -0.4 is 11.1 Å². The Morgan fingerprint density at radius 2 is 2.46 bits per heavy atom. The van der Waals surface area contributed by atoms with Gasteiger partial charge in [0.25, 0.3) is 0 Å². The topological polar surface area (TPSA) is 50.9 Å². The van der Waals surface area contributed by atoms with Crippen molar-refractivity contribution in [1.29, 1.82) is 0 Å². The van der Waals surface area contributed by atoms with E-state index in [-0.39, 0.29) is 0 Å². The molecule has 68 valence electrons. The molecule has 0 atom stereocenters. The van der Waals surface area contributed by atoms with Crippen LogP contribution in [0.15, 0.2) is 18.5 Å². The average Bonchev–Trinajstić information content (AvgIpc) is 2.15. The first kappa shape index (κ1) is 9.56. The van der Waals surface area contributed by atoms with Gasteiger partial charge < -0.3 is 11.1 Å². The molecule has 0 amide bonds. The number of nitrogens with one attached hydrogen (secondary N) is 1. The van der Waals surface area contributed by atoms with Gasteiger partial charge in [-0.15, -0.1) is 0 Å². The van der Waals surface area contributed by atoms with E-state index in [4.69, 9.17) is 5.73 Å². The van der Waals surface area contributed by atoms with Gasteiger partial charge in [0.05, 0.1) is 11.3 Å². The molecule has 0 unspecified atom stereocenters. The Kier molecular flexibility index (Phi) is 3.80. The number of pyridine rings is 1. The van der Waals surface area contributed by atoms with Gasteiger partial charge in [-0.3, -0.25) is 4.98 Å². The van der Waals surface area contributed by atoms with Crippen molar-refractivity contribution < 1.29 is 0 Å². The van der Waals surface area contributed by atoms with Crippen LogP contribution in [0.5, 0.6) is 0 Å². The van der Waals surface area contributed by atoms with Crippen molar-refractivity contribution in [3.05, 3.63) is 24.0 Å². The van der Waals surface area contributed by atoms with Gasteiger partial charge in [-0.05, 0) is 13.1 Å². The Morgan fingerprint density at radius 3 is 3.15 bits per heavy atom.